The van der Waals surface area contributed by atoms with Gasteiger partial charge in [-0.2, -0.15) is 0 Å². The summed E-state index contributed by atoms with van der Waals surface area (Å²) in [6.45, 7) is 19.9. The Labute approximate surface area is 387 Å². The first-order valence-corrected chi connectivity index (χ1v) is 22.2. The van der Waals surface area contributed by atoms with Crippen LogP contribution in [0.2, 0.25) is 0 Å². The molecule has 0 atom stereocenters. The Kier molecular flexibility index (Phi) is 10.4. The summed E-state index contributed by atoms with van der Waals surface area (Å²) in [6, 6.07) is 48.5. The van der Waals surface area contributed by atoms with Crippen molar-refractivity contribution in [2.24, 2.45) is 0 Å². The molecule has 1 N–H and O–H groups in total. The third-order valence-electron chi connectivity index (χ3n) is 12.2. The van der Waals surface area contributed by atoms with Crippen LogP contribution in [0.3, 0.4) is 0 Å². The van der Waals surface area contributed by atoms with Crippen LogP contribution in [0.25, 0.3) is 93.0 Å². The summed E-state index contributed by atoms with van der Waals surface area (Å²) in [4.78, 5) is 11.3. The van der Waals surface area contributed by atoms with E-state index in [2.05, 4.69) is 188 Å². The van der Waals surface area contributed by atoms with Crippen LogP contribution in [0.15, 0.2) is 138 Å². The number of pyridine rings is 1. The molecule has 0 fully saturated rings. The molecular formula is C56H50N3O2PtS-. The van der Waals surface area contributed by atoms with Crippen molar-refractivity contribution in [2.45, 2.75) is 78.6 Å². The number of aromatic hydroxyl groups is 1. The molecule has 10 rings (SSSR count). The Balaban J connectivity index is 0.00000504. The summed E-state index contributed by atoms with van der Waals surface area (Å²) in [7, 11) is 0. The van der Waals surface area contributed by atoms with Crippen molar-refractivity contribution in [2.75, 3.05) is 0 Å². The van der Waals surface area contributed by atoms with Crippen molar-refractivity contribution in [1.82, 2.24) is 14.5 Å². The van der Waals surface area contributed by atoms with Gasteiger partial charge in [-0.05, 0) is 90.5 Å². The number of furan rings is 1. The van der Waals surface area contributed by atoms with E-state index in [1.54, 1.807) is 11.3 Å². The fourth-order valence-electron chi connectivity index (χ4n) is 8.67. The monoisotopic (exact) mass is 1020 g/mol. The summed E-state index contributed by atoms with van der Waals surface area (Å²) in [5.74, 6) is 0.912. The third kappa shape index (κ3) is 7.41. The van der Waals surface area contributed by atoms with Crippen LogP contribution in [0.5, 0.6) is 5.75 Å². The van der Waals surface area contributed by atoms with E-state index in [0.29, 0.717) is 11.4 Å². The van der Waals surface area contributed by atoms with Gasteiger partial charge in [0.15, 0.2) is 0 Å². The van der Waals surface area contributed by atoms with Crippen molar-refractivity contribution >= 4 is 53.7 Å². The molecule has 5 nitrogen and oxygen atoms in total. The van der Waals surface area contributed by atoms with Crippen molar-refractivity contribution in [3.8, 4) is 56.3 Å². The summed E-state index contributed by atoms with van der Waals surface area (Å²) in [6.07, 6.45) is 1.87. The van der Waals surface area contributed by atoms with Gasteiger partial charge in [0.25, 0.3) is 0 Å². The third-order valence-corrected chi connectivity index (χ3v) is 13.2. The Morgan fingerprint density at radius 1 is 0.635 bits per heavy atom. The Hall–Kier alpha value is -5.81. The maximum atomic E-state index is 12.5. The Morgan fingerprint density at radius 3 is 2.00 bits per heavy atom. The molecule has 10 aromatic rings. The molecule has 63 heavy (non-hydrogen) atoms. The topological polar surface area (TPSA) is 64.1 Å². The number of benzene rings is 6. The number of fused-ring (bicyclic) bond motifs is 7. The fourth-order valence-corrected chi connectivity index (χ4v) is 9.70. The molecule has 0 aliphatic heterocycles. The SMILES string of the molecule is CC(C)(C)c1ccc(-n2c(-c3cc(C(C)(C)C)cc(C(C)(C)C)c3O)nc3c4c(ccc32)oc2sc3ccc(-c5cc(-c6ccccc6)ccn5)[c-]c3c24)c(-c2ccccc2)c1.[Pt]. The van der Waals surface area contributed by atoms with Gasteiger partial charge in [0.05, 0.1) is 22.3 Å². The molecule has 0 unspecified atom stereocenters. The largest absolute Gasteiger partial charge is 0.507 e. The van der Waals surface area contributed by atoms with Gasteiger partial charge in [-0.3, -0.25) is 9.55 Å². The van der Waals surface area contributed by atoms with Crippen LogP contribution in [0.4, 0.5) is 0 Å². The molecule has 0 spiro atoms. The van der Waals surface area contributed by atoms with E-state index in [1.807, 2.05) is 18.3 Å². The first-order chi connectivity index (χ1) is 29.5. The van der Waals surface area contributed by atoms with Crippen molar-refractivity contribution in [3.63, 3.8) is 0 Å². The predicted molar refractivity (Wildman–Crippen MR) is 260 cm³/mol. The maximum absolute atomic E-state index is 12.5. The summed E-state index contributed by atoms with van der Waals surface area (Å²) < 4.78 is 10.1. The van der Waals surface area contributed by atoms with Crippen LogP contribution in [0, 0.1) is 6.07 Å². The molecule has 6 aromatic carbocycles. The van der Waals surface area contributed by atoms with Crippen molar-refractivity contribution in [1.29, 1.82) is 0 Å². The fraction of sp³-hybridized carbons (Fsp3) is 0.214. The number of rotatable bonds is 5. The molecule has 4 aromatic heterocycles. The van der Waals surface area contributed by atoms with Crippen LogP contribution in [-0.4, -0.2) is 19.6 Å². The standard InChI is InChI=1S/C56H50N3O2S.Pt/c1-54(2,3)37-21-22-44(39(30-37)34-18-14-11-15-19-34)59-45-23-24-46-49(50(45)58-52(59)41-31-38(55(4,5)6)32-42(51(41)60)56(7,8)9)48-40-28-36(20-25-47(40)62-53(48)61-46)43-29-35(26-27-57-43)33-16-12-10-13-17-33;/h10-27,29-32,60H,1-9H3;/q-1;. The van der Waals surface area contributed by atoms with Gasteiger partial charge in [0.1, 0.15) is 22.1 Å². The van der Waals surface area contributed by atoms with Gasteiger partial charge in [-0.25, -0.2) is 4.98 Å². The zero-order chi connectivity index (χ0) is 43.3. The normalized spacial score (nSPS) is 12.5. The quantitative estimate of drug-likeness (QED) is 0.175. The minimum absolute atomic E-state index is 0. The number of phenolic OH excluding ortho intramolecular Hbond substituents is 1. The first-order valence-electron chi connectivity index (χ1n) is 21.4. The van der Waals surface area contributed by atoms with Crippen LogP contribution < -0.4 is 0 Å². The van der Waals surface area contributed by atoms with Crippen molar-refractivity contribution in [3.05, 3.63) is 156 Å². The van der Waals surface area contributed by atoms with E-state index in [9.17, 15) is 5.11 Å². The number of hydrogen-bond donors (Lipinski definition) is 1. The second-order valence-electron chi connectivity index (χ2n) is 19.6. The van der Waals surface area contributed by atoms with E-state index < -0.39 is 0 Å². The molecule has 7 heteroatoms. The molecule has 4 heterocycles. The van der Waals surface area contributed by atoms with Crippen LogP contribution in [0.1, 0.15) is 79.0 Å². The molecular weight excluding hydrogens is 974 g/mol. The zero-order valence-corrected chi connectivity index (χ0v) is 40.2. The van der Waals surface area contributed by atoms with Gasteiger partial charge in [0.2, 0.25) is 0 Å². The number of aromatic nitrogens is 3. The minimum atomic E-state index is -0.330. The summed E-state index contributed by atoms with van der Waals surface area (Å²) in [5, 5.41) is 15.4. The van der Waals surface area contributed by atoms with Gasteiger partial charge in [-0.15, -0.1) is 29.5 Å². The molecule has 0 amide bonds. The second kappa shape index (κ2) is 15.5. The summed E-state index contributed by atoms with van der Waals surface area (Å²) in [5.41, 5.74) is 13.0. The number of imidazole rings is 1. The minimum Gasteiger partial charge on any atom is -0.507 e. The molecule has 318 valence electrons. The van der Waals surface area contributed by atoms with Crippen LogP contribution in [-0.2, 0) is 37.3 Å². The molecule has 0 saturated carbocycles. The molecule has 0 bridgehead atoms. The Bertz CT molecular complexity index is 3360. The van der Waals surface area contributed by atoms with Crippen molar-refractivity contribution < 1.29 is 30.6 Å². The number of nitrogens with zero attached hydrogens (tertiary/aromatic N) is 3. The van der Waals surface area contributed by atoms with Gasteiger partial charge >= 0.3 is 0 Å². The van der Waals surface area contributed by atoms with E-state index in [-0.39, 0.29) is 43.1 Å². The second-order valence-corrected chi connectivity index (χ2v) is 20.6. The Morgan fingerprint density at radius 2 is 1.32 bits per heavy atom. The van der Waals surface area contributed by atoms with Gasteiger partial charge in [0, 0.05) is 49.5 Å². The molecule has 0 aliphatic rings. The number of hydrogen-bond acceptors (Lipinski definition) is 5. The van der Waals surface area contributed by atoms with E-state index in [4.69, 9.17) is 14.4 Å². The van der Waals surface area contributed by atoms with E-state index in [1.165, 1.54) is 5.56 Å². The van der Waals surface area contributed by atoms with Crippen LogP contribution >= 0.6 is 11.3 Å². The van der Waals surface area contributed by atoms with Gasteiger partial charge < -0.3 is 9.52 Å². The average molecular weight is 1020 g/mol. The van der Waals surface area contributed by atoms with E-state index in [0.717, 1.165) is 92.7 Å². The van der Waals surface area contributed by atoms with Gasteiger partial charge in [-0.1, -0.05) is 152 Å². The smallest absolute Gasteiger partial charge is 0.149 e. The zero-order valence-electron chi connectivity index (χ0n) is 37.1. The molecule has 0 saturated heterocycles. The maximum Gasteiger partial charge on any atom is 0.149 e. The molecule has 0 aliphatic carbocycles. The van der Waals surface area contributed by atoms with E-state index >= 15 is 0 Å². The number of thiophene rings is 1. The first kappa shape index (κ1) is 42.5. The molecule has 0 radical (unpaired) electrons. The average Bonchev–Trinajstić information content (AvgIpc) is 3.92. The number of phenols is 1. The summed E-state index contributed by atoms with van der Waals surface area (Å²) >= 11 is 1.63. The predicted octanol–water partition coefficient (Wildman–Crippen LogP) is 15.6.